The number of rotatable bonds is 10. The Morgan fingerprint density at radius 1 is 0.809 bits per heavy atom. The minimum atomic E-state index is -0.568. The largest absolute Gasteiger partial charge is 0.392 e. The molecule has 242 valence electrons. The van der Waals surface area contributed by atoms with Crippen molar-refractivity contribution in [3.05, 3.63) is 130 Å². The summed E-state index contributed by atoms with van der Waals surface area (Å²) in [7, 11) is 1.76. The lowest BCUT2D eigenvalue weighted by atomic mass is 9.98. The molecule has 4 aromatic rings. The van der Waals surface area contributed by atoms with Gasteiger partial charge in [0.25, 0.3) is 11.8 Å². The average Bonchev–Trinajstić information content (AvgIpc) is 3.65. The van der Waals surface area contributed by atoms with Crippen molar-refractivity contribution in [2.45, 2.75) is 57.0 Å². The van der Waals surface area contributed by atoms with Gasteiger partial charge in [-0.2, -0.15) is 0 Å². The topological polar surface area (TPSA) is 88.5 Å². The van der Waals surface area contributed by atoms with E-state index < -0.39 is 6.29 Å². The third-order valence-corrected chi connectivity index (χ3v) is 9.55. The first-order chi connectivity index (χ1) is 23.0. The first-order valence-electron chi connectivity index (χ1n) is 16.4. The quantitative estimate of drug-likeness (QED) is 0.205. The van der Waals surface area contributed by atoms with Crippen LogP contribution in [0, 0.1) is 0 Å². The average molecular weight is 633 g/mol. The number of imide groups is 1. The van der Waals surface area contributed by atoms with E-state index in [0.717, 1.165) is 65.7 Å². The molecule has 3 aliphatic rings. The van der Waals surface area contributed by atoms with Crippen LogP contribution in [0.15, 0.2) is 97.1 Å². The maximum absolute atomic E-state index is 13.0. The van der Waals surface area contributed by atoms with E-state index in [2.05, 4.69) is 17.0 Å². The first kappa shape index (κ1) is 31.4. The number of amides is 2. The van der Waals surface area contributed by atoms with E-state index in [9.17, 15) is 14.7 Å². The lowest BCUT2D eigenvalue weighted by Gasteiger charge is -2.39. The zero-order valence-electron chi connectivity index (χ0n) is 26.6. The van der Waals surface area contributed by atoms with Gasteiger partial charge in [0.05, 0.1) is 43.1 Å². The number of benzene rings is 4. The number of carbonyl (C=O) groups is 2. The molecule has 0 spiro atoms. The Labute approximate surface area is 275 Å². The molecular formula is C39H40N2O6. The number of aliphatic hydroxyl groups is 1. The third-order valence-electron chi connectivity index (χ3n) is 9.55. The minimum Gasteiger partial charge on any atom is -0.392 e. The number of methoxy groups -OCH3 is 1. The van der Waals surface area contributed by atoms with Gasteiger partial charge in [0.15, 0.2) is 6.29 Å². The van der Waals surface area contributed by atoms with E-state index in [1.807, 2.05) is 60.7 Å². The number of likely N-dealkylation sites (tertiary alicyclic amines) is 1. The summed E-state index contributed by atoms with van der Waals surface area (Å²) >= 11 is 0. The zero-order valence-corrected chi connectivity index (χ0v) is 26.6. The summed E-state index contributed by atoms with van der Waals surface area (Å²) in [5.41, 5.74) is 6.59. The van der Waals surface area contributed by atoms with Crippen LogP contribution in [0.25, 0.3) is 11.1 Å². The molecule has 3 aliphatic heterocycles. The summed E-state index contributed by atoms with van der Waals surface area (Å²) < 4.78 is 18.8. The van der Waals surface area contributed by atoms with Crippen molar-refractivity contribution < 1.29 is 28.9 Å². The predicted molar refractivity (Wildman–Crippen MR) is 177 cm³/mol. The van der Waals surface area contributed by atoms with Crippen LogP contribution in [-0.2, 0) is 27.4 Å². The molecular weight excluding hydrogens is 592 g/mol. The summed E-state index contributed by atoms with van der Waals surface area (Å²) in [4.78, 5) is 29.8. The van der Waals surface area contributed by atoms with Crippen molar-refractivity contribution in [2.24, 2.45) is 0 Å². The Morgan fingerprint density at radius 2 is 1.53 bits per heavy atom. The fraction of sp³-hybridized carbons (Fsp3) is 0.333. The Morgan fingerprint density at radius 3 is 2.26 bits per heavy atom. The number of nitrogens with zero attached hydrogens (tertiary/aromatic N) is 2. The molecule has 47 heavy (non-hydrogen) atoms. The summed E-state index contributed by atoms with van der Waals surface area (Å²) in [6.07, 6.45) is 2.23. The van der Waals surface area contributed by atoms with Gasteiger partial charge in [-0.05, 0) is 71.5 Å². The highest BCUT2D eigenvalue weighted by Crippen LogP contribution is 2.39. The maximum Gasteiger partial charge on any atom is 0.261 e. The lowest BCUT2D eigenvalue weighted by Crippen LogP contribution is -2.42. The number of ether oxygens (including phenoxy) is 3. The summed E-state index contributed by atoms with van der Waals surface area (Å²) in [6, 6.07) is 31.5. The van der Waals surface area contributed by atoms with Crippen molar-refractivity contribution >= 4 is 11.8 Å². The molecule has 4 unspecified atom stereocenters. The molecule has 2 saturated heterocycles. The number of hydrogen-bond donors (Lipinski definition) is 1. The number of carbonyl (C=O) groups excluding carboxylic acids is 2. The summed E-state index contributed by atoms with van der Waals surface area (Å²) in [6.45, 7) is 2.75. The van der Waals surface area contributed by atoms with E-state index in [4.69, 9.17) is 14.2 Å². The smallest absolute Gasteiger partial charge is 0.261 e. The third kappa shape index (κ3) is 6.66. The molecule has 8 heteroatoms. The van der Waals surface area contributed by atoms with E-state index in [1.54, 1.807) is 31.4 Å². The molecule has 1 N–H and O–H groups in total. The molecule has 4 aromatic carbocycles. The monoisotopic (exact) mass is 632 g/mol. The molecule has 2 amide bonds. The fourth-order valence-electron chi connectivity index (χ4n) is 7.09. The molecule has 0 aliphatic carbocycles. The van der Waals surface area contributed by atoms with Crippen molar-refractivity contribution in [3.63, 3.8) is 0 Å². The normalized spacial score (nSPS) is 23.0. The van der Waals surface area contributed by atoms with Crippen LogP contribution in [0.2, 0.25) is 0 Å². The fourth-order valence-corrected chi connectivity index (χ4v) is 7.09. The molecule has 7 rings (SSSR count). The molecule has 0 saturated carbocycles. The van der Waals surface area contributed by atoms with Gasteiger partial charge in [-0.1, -0.05) is 72.8 Å². The second-order valence-corrected chi connectivity index (χ2v) is 12.7. The lowest BCUT2D eigenvalue weighted by molar-refractivity contribution is -0.253. The predicted octanol–water partition coefficient (Wildman–Crippen LogP) is 6.30. The van der Waals surface area contributed by atoms with Gasteiger partial charge in [0, 0.05) is 31.7 Å². The molecule has 0 aromatic heterocycles. The highest BCUT2D eigenvalue weighted by molar-refractivity contribution is 6.21. The van der Waals surface area contributed by atoms with Crippen LogP contribution in [0.1, 0.15) is 74.6 Å². The number of aliphatic hydroxyl groups excluding tert-OH is 1. The van der Waals surface area contributed by atoms with Crippen molar-refractivity contribution in [3.8, 4) is 11.1 Å². The van der Waals surface area contributed by atoms with E-state index in [0.29, 0.717) is 23.8 Å². The van der Waals surface area contributed by atoms with E-state index in [-0.39, 0.29) is 37.2 Å². The van der Waals surface area contributed by atoms with Gasteiger partial charge >= 0.3 is 0 Å². The Kier molecular flexibility index (Phi) is 9.29. The minimum absolute atomic E-state index is 0.00228. The van der Waals surface area contributed by atoms with Gasteiger partial charge in [-0.15, -0.1) is 0 Å². The molecule has 3 heterocycles. The standard InChI is InChI=1S/C39H40N2O6/c1-45-25-32-11-6-18-40(32)23-33-21-36(28-16-14-26(24-42)15-17-28)47-39(46-33)31-10-5-9-30(20-31)29-8-4-7-27(19-29)22-41-37(43)34-12-2-3-13-35(34)38(41)44/h2-5,7-10,12-17,19-20,32-33,36,39,42H,6,11,18,21-25H2,1H3. The van der Waals surface area contributed by atoms with Crippen LogP contribution in [0.3, 0.4) is 0 Å². The van der Waals surface area contributed by atoms with Gasteiger partial charge in [0.1, 0.15) is 0 Å². The van der Waals surface area contributed by atoms with E-state index >= 15 is 0 Å². The molecule has 0 bridgehead atoms. The summed E-state index contributed by atoms with van der Waals surface area (Å²) in [5, 5.41) is 9.57. The van der Waals surface area contributed by atoms with Gasteiger partial charge in [0.2, 0.25) is 0 Å². The SMILES string of the molecule is COCC1CCCN1CC1CC(c2ccc(CO)cc2)OC(c2cccc(-c3cccc(CN4C(=O)c5ccccc5C4=O)c3)c2)O1. The van der Waals surface area contributed by atoms with Crippen LogP contribution in [0.5, 0.6) is 0 Å². The van der Waals surface area contributed by atoms with Crippen LogP contribution >= 0.6 is 0 Å². The van der Waals surface area contributed by atoms with Gasteiger partial charge in [-0.25, -0.2) is 0 Å². The van der Waals surface area contributed by atoms with Crippen molar-refractivity contribution in [1.82, 2.24) is 9.80 Å². The van der Waals surface area contributed by atoms with Crippen LogP contribution in [0.4, 0.5) is 0 Å². The van der Waals surface area contributed by atoms with Crippen molar-refractivity contribution in [1.29, 1.82) is 0 Å². The van der Waals surface area contributed by atoms with Gasteiger partial charge in [-0.3, -0.25) is 19.4 Å². The van der Waals surface area contributed by atoms with Gasteiger partial charge < -0.3 is 19.3 Å². The molecule has 0 radical (unpaired) electrons. The Balaban J connectivity index is 1.12. The Bertz CT molecular complexity index is 1700. The first-order valence-corrected chi connectivity index (χ1v) is 16.4. The highest BCUT2D eigenvalue weighted by Gasteiger charge is 2.36. The molecule has 8 nitrogen and oxygen atoms in total. The second-order valence-electron chi connectivity index (χ2n) is 12.7. The molecule has 2 fully saturated rings. The highest BCUT2D eigenvalue weighted by atomic mass is 16.7. The second kappa shape index (κ2) is 13.9. The van der Waals surface area contributed by atoms with Crippen molar-refractivity contribution in [2.75, 3.05) is 26.8 Å². The Hall–Kier alpha value is -4.18. The zero-order chi connectivity index (χ0) is 32.3. The van der Waals surface area contributed by atoms with Crippen LogP contribution in [-0.4, -0.2) is 65.7 Å². The van der Waals surface area contributed by atoms with E-state index in [1.165, 1.54) is 4.90 Å². The van der Waals surface area contributed by atoms with Crippen LogP contribution < -0.4 is 0 Å². The molecule has 4 atom stereocenters. The summed E-state index contributed by atoms with van der Waals surface area (Å²) in [5.74, 6) is -0.524. The number of fused-ring (bicyclic) bond motifs is 1. The number of hydrogen-bond acceptors (Lipinski definition) is 7. The maximum atomic E-state index is 13.0.